The van der Waals surface area contributed by atoms with Crippen molar-refractivity contribution in [2.75, 3.05) is 11.1 Å². The average Bonchev–Trinajstić information content (AvgIpc) is 2.40. The Morgan fingerprint density at radius 3 is 2.57 bits per heavy atom. The summed E-state index contributed by atoms with van der Waals surface area (Å²) >= 11 is 0. The van der Waals surface area contributed by atoms with Crippen molar-refractivity contribution in [2.24, 2.45) is 0 Å². The Balaban J connectivity index is 2.25. The van der Waals surface area contributed by atoms with Crippen LogP contribution in [0.2, 0.25) is 0 Å². The van der Waals surface area contributed by atoms with E-state index in [1.807, 2.05) is 0 Å². The lowest BCUT2D eigenvalue weighted by Gasteiger charge is -2.09. The van der Waals surface area contributed by atoms with Gasteiger partial charge in [-0.2, -0.15) is 0 Å². The van der Waals surface area contributed by atoms with Crippen LogP contribution in [0.4, 0.5) is 21.5 Å². The van der Waals surface area contributed by atoms with Gasteiger partial charge in [0.15, 0.2) is 0 Å². The fraction of sp³-hybridized carbons (Fsp3) is 0. The summed E-state index contributed by atoms with van der Waals surface area (Å²) < 4.78 is 12.9. The molecular formula is C13H10FN3O4. The van der Waals surface area contributed by atoms with Crippen LogP contribution < -0.4 is 11.1 Å². The van der Waals surface area contributed by atoms with Crippen molar-refractivity contribution in [2.45, 2.75) is 0 Å². The molecule has 0 bridgehead atoms. The maximum Gasteiger partial charge on any atom is 0.273 e. The maximum atomic E-state index is 12.9. The minimum Gasteiger partial charge on any atom is -0.506 e. The molecule has 7 nitrogen and oxygen atoms in total. The second kappa shape index (κ2) is 5.45. The summed E-state index contributed by atoms with van der Waals surface area (Å²) in [6.07, 6.45) is 0. The molecule has 0 aliphatic rings. The largest absolute Gasteiger partial charge is 0.506 e. The summed E-state index contributed by atoms with van der Waals surface area (Å²) in [6.45, 7) is 0. The number of anilines is 2. The van der Waals surface area contributed by atoms with E-state index < -0.39 is 22.4 Å². The number of carbonyl (C=O) groups excluding carboxylic acids is 1. The van der Waals surface area contributed by atoms with E-state index in [1.165, 1.54) is 12.1 Å². The predicted octanol–water partition coefficient (Wildman–Crippen LogP) is 2.27. The smallest absolute Gasteiger partial charge is 0.273 e. The number of nitro benzene ring substituents is 1. The minimum atomic E-state index is -0.677. The van der Waals surface area contributed by atoms with E-state index >= 15 is 0 Å². The molecule has 2 rings (SSSR count). The van der Waals surface area contributed by atoms with Gasteiger partial charge in [0.25, 0.3) is 11.6 Å². The number of nitrogens with zero attached hydrogens (tertiary/aromatic N) is 1. The summed E-state index contributed by atoms with van der Waals surface area (Å²) in [6, 6.07) is 6.48. The number of aromatic hydroxyl groups is 1. The molecule has 0 saturated carbocycles. The first-order valence-electron chi connectivity index (χ1n) is 5.72. The molecule has 0 radical (unpaired) electrons. The van der Waals surface area contributed by atoms with Gasteiger partial charge in [-0.1, -0.05) is 0 Å². The second-order valence-corrected chi connectivity index (χ2v) is 4.14. The fourth-order valence-electron chi connectivity index (χ4n) is 1.67. The number of benzene rings is 2. The van der Waals surface area contributed by atoms with Crippen LogP contribution in [0.15, 0.2) is 36.4 Å². The van der Waals surface area contributed by atoms with Gasteiger partial charge in [0, 0.05) is 11.8 Å². The molecule has 108 valence electrons. The highest BCUT2D eigenvalue weighted by atomic mass is 19.1. The van der Waals surface area contributed by atoms with Crippen molar-refractivity contribution >= 4 is 23.0 Å². The number of carbonyl (C=O) groups is 1. The molecule has 2 aromatic carbocycles. The van der Waals surface area contributed by atoms with Crippen molar-refractivity contribution < 1.29 is 19.2 Å². The summed E-state index contributed by atoms with van der Waals surface area (Å²) in [5.41, 5.74) is 5.15. The molecule has 0 fully saturated rings. The summed E-state index contributed by atoms with van der Waals surface area (Å²) in [4.78, 5) is 21.8. The van der Waals surface area contributed by atoms with Gasteiger partial charge in [0.2, 0.25) is 0 Å². The number of phenols is 1. The highest BCUT2D eigenvalue weighted by Gasteiger charge is 2.15. The Bertz CT molecular complexity index is 733. The first kappa shape index (κ1) is 14.3. The number of nitro groups is 1. The Kier molecular flexibility index (Phi) is 3.70. The molecular weight excluding hydrogens is 281 g/mol. The van der Waals surface area contributed by atoms with E-state index in [-0.39, 0.29) is 22.6 Å². The van der Waals surface area contributed by atoms with Crippen molar-refractivity contribution in [3.8, 4) is 5.75 Å². The van der Waals surface area contributed by atoms with Gasteiger partial charge >= 0.3 is 0 Å². The van der Waals surface area contributed by atoms with E-state index in [4.69, 9.17) is 5.73 Å². The molecule has 0 atom stereocenters. The molecule has 8 heteroatoms. The first-order valence-corrected chi connectivity index (χ1v) is 5.72. The third-order valence-electron chi connectivity index (χ3n) is 2.70. The van der Waals surface area contributed by atoms with Crippen LogP contribution in [-0.2, 0) is 0 Å². The van der Waals surface area contributed by atoms with Gasteiger partial charge in [-0.05, 0) is 24.3 Å². The molecule has 0 spiro atoms. The SMILES string of the molecule is Nc1cc(F)ccc1C(=O)Nc1ccc([N+](=O)[O-])cc1O. The maximum absolute atomic E-state index is 12.9. The fourth-order valence-corrected chi connectivity index (χ4v) is 1.67. The zero-order chi connectivity index (χ0) is 15.6. The number of rotatable bonds is 3. The Morgan fingerprint density at radius 1 is 1.29 bits per heavy atom. The lowest BCUT2D eigenvalue weighted by molar-refractivity contribution is -0.384. The average molecular weight is 291 g/mol. The zero-order valence-corrected chi connectivity index (χ0v) is 10.5. The summed E-state index contributed by atoms with van der Waals surface area (Å²) in [5, 5.41) is 22.5. The van der Waals surface area contributed by atoms with Crippen LogP contribution in [0, 0.1) is 15.9 Å². The van der Waals surface area contributed by atoms with E-state index in [2.05, 4.69) is 5.32 Å². The molecule has 0 aliphatic carbocycles. The number of non-ortho nitro benzene ring substituents is 1. The predicted molar refractivity (Wildman–Crippen MR) is 73.5 cm³/mol. The van der Waals surface area contributed by atoms with Crippen LogP contribution in [0.1, 0.15) is 10.4 Å². The molecule has 0 unspecified atom stereocenters. The molecule has 0 saturated heterocycles. The monoisotopic (exact) mass is 291 g/mol. The van der Waals surface area contributed by atoms with Crippen molar-refractivity contribution in [1.82, 2.24) is 0 Å². The van der Waals surface area contributed by atoms with Crippen LogP contribution in [0.25, 0.3) is 0 Å². The number of hydrogen-bond acceptors (Lipinski definition) is 5. The van der Waals surface area contributed by atoms with Gasteiger partial charge in [-0.25, -0.2) is 4.39 Å². The van der Waals surface area contributed by atoms with Gasteiger partial charge in [0.05, 0.1) is 22.2 Å². The molecule has 0 aromatic heterocycles. The minimum absolute atomic E-state index is 0.0191. The molecule has 2 aromatic rings. The Hall–Kier alpha value is -3.16. The molecule has 21 heavy (non-hydrogen) atoms. The van der Waals surface area contributed by atoms with Crippen LogP contribution >= 0.6 is 0 Å². The quantitative estimate of drug-likeness (QED) is 0.347. The number of hydrogen-bond donors (Lipinski definition) is 3. The highest BCUT2D eigenvalue weighted by Crippen LogP contribution is 2.28. The molecule has 4 N–H and O–H groups in total. The Labute approximate surface area is 118 Å². The van der Waals surface area contributed by atoms with Crippen LogP contribution in [0.5, 0.6) is 5.75 Å². The number of nitrogen functional groups attached to an aromatic ring is 1. The number of amides is 1. The third kappa shape index (κ3) is 3.06. The zero-order valence-electron chi connectivity index (χ0n) is 10.5. The third-order valence-corrected chi connectivity index (χ3v) is 2.70. The normalized spacial score (nSPS) is 10.1. The van der Waals surface area contributed by atoms with Gasteiger partial charge < -0.3 is 16.2 Å². The Morgan fingerprint density at radius 2 is 2.00 bits per heavy atom. The van der Waals surface area contributed by atoms with Crippen molar-refractivity contribution in [3.63, 3.8) is 0 Å². The first-order chi connectivity index (χ1) is 9.88. The highest BCUT2D eigenvalue weighted by molar-refractivity contribution is 6.08. The van der Waals surface area contributed by atoms with Gasteiger partial charge in [-0.3, -0.25) is 14.9 Å². The lowest BCUT2D eigenvalue weighted by atomic mass is 10.1. The van der Waals surface area contributed by atoms with E-state index in [0.717, 1.165) is 24.3 Å². The standard InChI is InChI=1S/C13H10FN3O4/c14-7-1-3-9(10(15)5-7)13(19)16-11-4-2-8(17(20)21)6-12(11)18/h1-6,18H,15H2,(H,16,19). The summed E-state index contributed by atoms with van der Waals surface area (Å²) in [5.74, 6) is -1.71. The lowest BCUT2D eigenvalue weighted by Crippen LogP contribution is -2.14. The van der Waals surface area contributed by atoms with Crippen LogP contribution in [-0.4, -0.2) is 15.9 Å². The van der Waals surface area contributed by atoms with Crippen molar-refractivity contribution in [3.05, 3.63) is 57.9 Å². The number of phenolic OH excluding ortho intramolecular Hbond substituents is 1. The van der Waals surface area contributed by atoms with Crippen LogP contribution in [0.3, 0.4) is 0 Å². The number of nitrogens with one attached hydrogen (secondary N) is 1. The molecule has 0 heterocycles. The number of nitrogens with two attached hydrogens (primary N) is 1. The summed E-state index contributed by atoms with van der Waals surface area (Å²) in [7, 11) is 0. The number of halogens is 1. The van der Waals surface area contributed by atoms with Gasteiger partial charge in [-0.15, -0.1) is 0 Å². The van der Waals surface area contributed by atoms with Crippen molar-refractivity contribution in [1.29, 1.82) is 0 Å². The second-order valence-electron chi connectivity index (χ2n) is 4.14. The topological polar surface area (TPSA) is 118 Å². The van der Waals surface area contributed by atoms with Gasteiger partial charge in [0.1, 0.15) is 11.6 Å². The molecule has 0 aliphatic heterocycles. The molecule has 1 amide bonds. The van der Waals surface area contributed by atoms with E-state index in [9.17, 15) is 24.4 Å². The van der Waals surface area contributed by atoms with E-state index in [1.54, 1.807) is 0 Å². The van der Waals surface area contributed by atoms with E-state index in [0.29, 0.717) is 0 Å².